The minimum atomic E-state index is -0.572. The number of benzene rings is 1. The number of amides is 2. The molecule has 1 rings (SSSR count). The van der Waals surface area contributed by atoms with E-state index in [0.717, 1.165) is 10.9 Å². The largest absolute Gasteiger partial charge is 0.483 e. The zero-order valence-corrected chi connectivity index (χ0v) is 13.2. The molecule has 1 atom stereocenters. The van der Waals surface area contributed by atoms with Gasteiger partial charge in [0.15, 0.2) is 6.61 Å². The fraction of sp³-hybridized carbons (Fsp3) is 0.429. The van der Waals surface area contributed by atoms with E-state index < -0.39 is 6.04 Å². The first kappa shape index (κ1) is 16.5. The first-order valence-corrected chi connectivity index (χ1v) is 7.28. The Kier molecular flexibility index (Phi) is 7.08. The number of para-hydroxylation sites is 1. The van der Waals surface area contributed by atoms with Crippen molar-refractivity contribution in [1.82, 2.24) is 10.6 Å². The first-order chi connectivity index (χ1) is 9.54. The molecule has 0 aliphatic rings. The van der Waals surface area contributed by atoms with Gasteiger partial charge in [0, 0.05) is 6.54 Å². The average Bonchev–Trinajstić information content (AvgIpc) is 2.43. The number of halogens is 1. The molecule has 0 fully saturated rings. The van der Waals surface area contributed by atoms with Crippen LogP contribution in [0.1, 0.15) is 20.3 Å². The molecule has 0 saturated carbocycles. The summed E-state index contributed by atoms with van der Waals surface area (Å²) in [5, 5.41) is 5.31. The van der Waals surface area contributed by atoms with E-state index in [1.165, 1.54) is 0 Å². The molecular formula is C14H19BrN2O3. The van der Waals surface area contributed by atoms with Crippen LogP contribution in [0.2, 0.25) is 0 Å². The predicted molar refractivity (Wildman–Crippen MR) is 80.5 cm³/mol. The van der Waals surface area contributed by atoms with E-state index >= 15 is 0 Å². The lowest BCUT2D eigenvalue weighted by atomic mass is 10.3. The number of carbonyl (C=O) groups is 2. The maximum atomic E-state index is 11.7. The molecule has 2 N–H and O–H groups in total. The molecule has 5 nitrogen and oxygen atoms in total. The van der Waals surface area contributed by atoms with Gasteiger partial charge in [0.1, 0.15) is 11.8 Å². The van der Waals surface area contributed by atoms with Crippen LogP contribution < -0.4 is 15.4 Å². The second-order valence-corrected chi connectivity index (χ2v) is 5.15. The number of nitrogens with one attached hydrogen (secondary N) is 2. The summed E-state index contributed by atoms with van der Waals surface area (Å²) in [6, 6.07) is 6.69. The van der Waals surface area contributed by atoms with Crippen molar-refractivity contribution in [2.45, 2.75) is 26.3 Å². The molecule has 0 aliphatic carbocycles. The van der Waals surface area contributed by atoms with Crippen molar-refractivity contribution in [2.24, 2.45) is 0 Å². The summed E-state index contributed by atoms with van der Waals surface area (Å²) >= 11 is 3.33. The Morgan fingerprint density at radius 1 is 1.35 bits per heavy atom. The van der Waals surface area contributed by atoms with Crippen LogP contribution in [-0.4, -0.2) is 31.0 Å². The van der Waals surface area contributed by atoms with E-state index in [2.05, 4.69) is 26.6 Å². The molecule has 0 saturated heterocycles. The van der Waals surface area contributed by atoms with Crippen LogP contribution in [0, 0.1) is 0 Å². The third kappa shape index (κ3) is 5.61. The molecular weight excluding hydrogens is 324 g/mol. The monoisotopic (exact) mass is 342 g/mol. The van der Waals surface area contributed by atoms with E-state index in [4.69, 9.17) is 4.74 Å². The van der Waals surface area contributed by atoms with Gasteiger partial charge < -0.3 is 15.4 Å². The highest BCUT2D eigenvalue weighted by Gasteiger charge is 2.15. The topological polar surface area (TPSA) is 67.4 Å². The first-order valence-electron chi connectivity index (χ1n) is 6.49. The molecule has 2 amide bonds. The molecule has 0 spiro atoms. The molecule has 1 aromatic rings. The standard InChI is InChI=1S/C14H19BrN2O3/c1-3-8-16-14(19)10(2)17-13(18)9-20-12-7-5-4-6-11(12)15/h4-7,10H,3,8-9H2,1-2H3,(H,16,19)(H,17,18)/t10-/m1/s1. The van der Waals surface area contributed by atoms with Crippen molar-refractivity contribution in [1.29, 1.82) is 0 Å². The minimum Gasteiger partial charge on any atom is -0.483 e. The number of carbonyl (C=O) groups excluding carboxylic acids is 2. The smallest absolute Gasteiger partial charge is 0.258 e. The van der Waals surface area contributed by atoms with E-state index in [9.17, 15) is 9.59 Å². The average molecular weight is 343 g/mol. The highest BCUT2D eigenvalue weighted by Crippen LogP contribution is 2.23. The van der Waals surface area contributed by atoms with Gasteiger partial charge in [-0.05, 0) is 41.4 Å². The van der Waals surface area contributed by atoms with E-state index in [1.807, 2.05) is 25.1 Å². The van der Waals surface area contributed by atoms with Gasteiger partial charge in [-0.1, -0.05) is 19.1 Å². The lowest BCUT2D eigenvalue weighted by Crippen LogP contribution is -2.46. The fourth-order valence-corrected chi connectivity index (χ4v) is 1.85. The Balaban J connectivity index is 2.37. The van der Waals surface area contributed by atoms with Crippen molar-refractivity contribution < 1.29 is 14.3 Å². The van der Waals surface area contributed by atoms with Gasteiger partial charge in [-0.2, -0.15) is 0 Å². The fourth-order valence-electron chi connectivity index (χ4n) is 1.46. The molecule has 1 aromatic carbocycles. The number of hydrogen-bond donors (Lipinski definition) is 2. The summed E-state index contributed by atoms with van der Waals surface area (Å²) in [5.74, 6) is 0.0618. The molecule has 6 heteroatoms. The van der Waals surface area contributed by atoms with Crippen LogP contribution in [0.3, 0.4) is 0 Å². The van der Waals surface area contributed by atoms with Crippen LogP contribution in [-0.2, 0) is 9.59 Å². The van der Waals surface area contributed by atoms with Crippen LogP contribution in [0.15, 0.2) is 28.7 Å². The summed E-state index contributed by atoms with van der Waals surface area (Å²) in [7, 11) is 0. The zero-order valence-electron chi connectivity index (χ0n) is 11.6. The molecule has 0 heterocycles. The Morgan fingerprint density at radius 2 is 2.05 bits per heavy atom. The maximum absolute atomic E-state index is 11.7. The van der Waals surface area contributed by atoms with Crippen LogP contribution in [0.5, 0.6) is 5.75 Å². The molecule has 0 bridgehead atoms. The van der Waals surface area contributed by atoms with E-state index in [0.29, 0.717) is 12.3 Å². The molecule has 0 radical (unpaired) electrons. The number of ether oxygens (including phenoxy) is 1. The second kappa shape index (κ2) is 8.58. The summed E-state index contributed by atoms with van der Waals surface area (Å²) in [6.07, 6.45) is 0.859. The van der Waals surface area contributed by atoms with Crippen LogP contribution in [0.4, 0.5) is 0 Å². The van der Waals surface area contributed by atoms with Crippen LogP contribution in [0.25, 0.3) is 0 Å². The molecule has 0 unspecified atom stereocenters. The SMILES string of the molecule is CCCNC(=O)[C@@H](C)NC(=O)COc1ccccc1Br. The van der Waals surface area contributed by atoms with Gasteiger partial charge >= 0.3 is 0 Å². The highest BCUT2D eigenvalue weighted by molar-refractivity contribution is 9.10. The Morgan fingerprint density at radius 3 is 2.70 bits per heavy atom. The molecule has 0 aromatic heterocycles. The lowest BCUT2D eigenvalue weighted by molar-refractivity contribution is -0.129. The van der Waals surface area contributed by atoms with Gasteiger partial charge in [-0.15, -0.1) is 0 Å². The molecule has 0 aliphatic heterocycles. The van der Waals surface area contributed by atoms with Crippen molar-refractivity contribution in [2.75, 3.05) is 13.2 Å². The minimum absolute atomic E-state index is 0.131. The lowest BCUT2D eigenvalue weighted by Gasteiger charge is -2.14. The Hall–Kier alpha value is -1.56. The van der Waals surface area contributed by atoms with Crippen molar-refractivity contribution in [3.63, 3.8) is 0 Å². The number of rotatable bonds is 7. The second-order valence-electron chi connectivity index (χ2n) is 4.30. The number of hydrogen-bond acceptors (Lipinski definition) is 3. The van der Waals surface area contributed by atoms with Crippen molar-refractivity contribution in [3.05, 3.63) is 28.7 Å². The van der Waals surface area contributed by atoms with Crippen LogP contribution >= 0.6 is 15.9 Å². The summed E-state index contributed by atoms with van der Waals surface area (Å²) in [6.45, 7) is 4.08. The van der Waals surface area contributed by atoms with Crippen molar-refractivity contribution in [3.8, 4) is 5.75 Å². The Bertz CT molecular complexity index is 465. The summed E-state index contributed by atoms with van der Waals surface area (Å²) < 4.78 is 6.15. The third-order valence-corrected chi connectivity index (χ3v) is 3.17. The Labute approximate surface area is 127 Å². The van der Waals surface area contributed by atoms with E-state index in [1.54, 1.807) is 13.0 Å². The van der Waals surface area contributed by atoms with Crippen molar-refractivity contribution >= 4 is 27.7 Å². The van der Waals surface area contributed by atoms with Gasteiger partial charge in [-0.25, -0.2) is 0 Å². The van der Waals surface area contributed by atoms with Gasteiger partial charge in [-0.3, -0.25) is 9.59 Å². The quantitative estimate of drug-likeness (QED) is 0.794. The van der Waals surface area contributed by atoms with E-state index in [-0.39, 0.29) is 18.4 Å². The summed E-state index contributed by atoms with van der Waals surface area (Å²) in [4.78, 5) is 23.3. The third-order valence-electron chi connectivity index (χ3n) is 2.52. The maximum Gasteiger partial charge on any atom is 0.258 e. The van der Waals surface area contributed by atoms with Gasteiger partial charge in [0.25, 0.3) is 5.91 Å². The predicted octanol–water partition coefficient (Wildman–Crippen LogP) is 1.86. The zero-order chi connectivity index (χ0) is 15.0. The molecule has 20 heavy (non-hydrogen) atoms. The van der Waals surface area contributed by atoms with Gasteiger partial charge in [0.05, 0.1) is 4.47 Å². The highest BCUT2D eigenvalue weighted by atomic mass is 79.9. The normalized spacial score (nSPS) is 11.6. The molecule has 110 valence electrons. The van der Waals surface area contributed by atoms with Gasteiger partial charge in [0.2, 0.25) is 5.91 Å². The summed E-state index contributed by atoms with van der Waals surface area (Å²) in [5.41, 5.74) is 0.